The molecule has 0 atom stereocenters. The highest BCUT2D eigenvalue weighted by atomic mass is 35.5. The highest BCUT2D eigenvalue weighted by Crippen LogP contribution is 2.29. The Kier molecular flexibility index (Phi) is 2.36. The number of rotatable bonds is 1. The van der Waals surface area contributed by atoms with Crippen LogP contribution in [0.15, 0.2) is 5.38 Å². The van der Waals surface area contributed by atoms with E-state index in [2.05, 4.69) is 4.74 Å². The van der Waals surface area contributed by atoms with Crippen molar-refractivity contribution < 1.29 is 9.53 Å². The molecule has 0 bridgehead atoms. The third kappa shape index (κ3) is 1.46. The number of carbonyl (C=O) groups is 1. The van der Waals surface area contributed by atoms with Crippen molar-refractivity contribution in [3.05, 3.63) is 15.3 Å². The first-order valence-corrected chi connectivity index (χ1v) is 4.03. The summed E-state index contributed by atoms with van der Waals surface area (Å²) in [6.45, 7) is 0. The van der Waals surface area contributed by atoms with Gasteiger partial charge in [0, 0.05) is 5.38 Å². The second-order valence-corrected chi connectivity index (χ2v) is 3.10. The molecule has 1 aromatic rings. The standard InChI is InChI=1S/C6H6ClNO2S/c1-10-6(9)5-4(8)3(7)2-11-5/h2H,8H2,1H3. The Bertz CT molecular complexity index is 284. The van der Waals surface area contributed by atoms with Crippen molar-refractivity contribution in [3.63, 3.8) is 0 Å². The summed E-state index contributed by atoms with van der Waals surface area (Å²) in [4.78, 5) is 11.3. The average Bonchev–Trinajstić information content (AvgIpc) is 2.32. The topological polar surface area (TPSA) is 52.3 Å². The van der Waals surface area contributed by atoms with E-state index < -0.39 is 5.97 Å². The second kappa shape index (κ2) is 3.11. The van der Waals surface area contributed by atoms with Crippen LogP contribution in [0.25, 0.3) is 0 Å². The van der Waals surface area contributed by atoms with E-state index in [1.165, 1.54) is 18.4 Å². The molecule has 1 aromatic heterocycles. The van der Waals surface area contributed by atoms with Crippen LogP contribution < -0.4 is 5.73 Å². The van der Waals surface area contributed by atoms with Crippen LogP contribution in [0.5, 0.6) is 0 Å². The fraction of sp³-hybridized carbons (Fsp3) is 0.167. The van der Waals surface area contributed by atoms with Crippen LogP contribution in [0.2, 0.25) is 5.02 Å². The Balaban J connectivity index is 3.04. The summed E-state index contributed by atoms with van der Waals surface area (Å²) in [6, 6.07) is 0. The van der Waals surface area contributed by atoms with Crippen LogP contribution in [-0.4, -0.2) is 13.1 Å². The van der Waals surface area contributed by atoms with E-state index in [9.17, 15) is 4.79 Å². The predicted molar refractivity (Wildman–Crippen MR) is 45.1 cm³/mol. The largest absolute Gasteiger partial charge is 0.465 e. The highest BCUT2D eigenvalue weighted by molar-refractivity contribution is 7.13. The number of hydrogen-bond acceptors (Lipinski definition) is 4. The molecule has 1 rings (SSSR count). The van der Waals surface area contributed by atoms with Crippen molar-refractivity contribution in [2.24, 2.45) is 0 Å². The molecule has 5 heteroatoms. The minimum absolute atomic E-state index is 0.295. The molecule has 0 unspecified atom stereocenters. The molecule has 0 aliphatic rings. The van der Waals surface area contributed by atoms with Gasteiger partial charge in [0.05, 0.1) is 17.8 Å². The first kappa shape index (κ1) is 8.36. The third-order valence-electron chi connectivity index (χ3n) is 1.15. The summed E-state index contributed by atoms with van der Waals surface area (Å²) in [5.41, 5.74) is 5.75. The van der Waals surface area contributed by atoms with Gasteiger partial charge in [-0.25, -0.2) is 4.79 Å². The number of nitrogens with two attached hydrogens (primary N) is 1. The lowest BCUT2D eigenvalue weighted by molar-refractivity contribution is 0.0607. The van der Waals surface area contributed by atoms with Gasteiger partial charge in [-0.3, -0.25) is 0 Å². The molecule has 3 nitrogen and oxygen atoms in total. The van der Waals surface area contributed by atoms with Crippen LogP contribution >= 0.6 is 22.9 Å². The van der Waals surface area contributed by atoms with Crippen molar-refractivity contribution in [3.8, 4) is 0 Å². The summed E-state index contributed by atoms with van der Waals surface area (Å²) >= 11 is 6.79. The number of carbonyl (C=O) groups excluding carboxylic acids is 1. The summed E-state index contributed by atoms with van der Waals surface area (Å²) in [7, 11) is 1.30. The zero-order chi connectivity index (χ0) is 8.43. The van der Waals surface area contributed by atoms with Crippen LogP contribution in [0.1, 0.15) is 9.67 Å². The SMILES string of the molecule is COC(=O)c1scc(Cl)c1N. The summed E-state index contributed by atoms with van der Waals surface area (Å²) in [5.74, 6) is -0.445. The Hall–Kier alpha value is -0.740. The highest BCUT2D eigenvalue weighted by Gasteiger charge is 2.14. The van der Waals surface area contributed by atoms with Gasteiger partial charge in [-0.15, -0.1) is 11.3 Å². The quantitative estimate of drug-likeness (QED) is 0.689. The van der Waals surface area contributed by atoms with E-state index in [1.54, 1.807) is 5.38 Å². The molecule has 0 saturated carbocycles. The number of thiophene rings is 1. The summed E-state index contributed by atoms with van der Waals surface area (Å²) in [5, 5.41) is 2.00. The minimum atomic E-state index is -0.445. The van der Waals surface area contributed by atoms with E-state index in [-0.39, 0.29) is 0 Å². The maximum absolute atomic E-state index is 10.9. The number of ether oxygens (including phenoxy) is 1. The maximum atomic E-state index is 10.9. The van der Waals surface area contributed by atoms with Gasteiger partial charge in [-0.05, 0) is 0 Å². The predicted octanol–water partition coefficient (Wildman–Crippen LogP) is 1.77. The number of halogens is 1. The van der Waals surface area contributed by atoms with E-state index in [0.717, 1.165) is 0 Å². The molecule has 0 saturated heterocycles. The van der Waals surface area contributed by atoms with E-state index in [4.69, 9.17) is 17.3 Å². The van der Waals surface area contributed by atoms with Gasteiger partial charge in [-0.2, -0.15) is 0 Å². The summed E-state index contributed by atoms with van der Waals surface area (Å²) < 4.78 is 4.46. The third-order valence-corrected chi connectivity index (χ3v) is 2.57. The lowest BCUT2D eigenvalue weighted by atomic mass is 10.4. The first-order chi connectivity index (χ1) is 5.16. The van der Waals surface area contributed by atoms with Crippen LogP contribution in [0, 0.1) is 0 Å². The van der Waals surface area contributed by atoms with Crippen LogP contribution in [0.4, 0.5) is 5.69 Å². The van der Waals surface area contributed by atoms with Gasteiger partial charge in [0.15, 0.2) is 0 Å². The molecule has 0 aromatic carbocycles. The molecule has 11 heavy (non-hydrogen) atoms. The monoisotopic (exact) mass is 191 g/mol. The molecule has 60 valence electrons. The normalized spacial score (nSPS) is 9.64. The molecule has 2 N–H and O–H groups in total. The summed E-state index contributed by atoms with van der Waals surface area (Å²) in [6.07, 6.45) is 0. The molecule has 0 fully saturated rings. The fourth-order valence-corrected chi connectivity index (χ4v) is 1.65. The molecule has 0 amide bonds. The van der Waals surface area contributed by atoms with Crippen molar-refractivity contribution >= 4 is 34.6 Å². The Labute approximate surface area is 72.7 Å². The Morgan fingerprint density at radius 3 is 2.82 bits per heavy atom. The van der Waals surface area contributed by atoms with Gasteiger partial charge in [-0.1, -0.05) is 11.6 Å². The zero-order valence-corrected chi connectivity index (χ0v) is 7.33. The number of anilines is 1. The van der Waals surface area contributed by atoms with E-state index >= 15 is 0 Å². The minimum Gasteiger partial charge on any atom is -0.465 e. The van der Waals surface area contributed by atoms with Gasteiger partial charge in [0.2, 0.25) is 0 Å². The number of esters is 1. The van der Waals surface area contributed by atoms with Crippen LogP contribution in [0.3, 0.4) is 0 Å². The lowest BCUT2D eigenvalue weighted by Crippen LogP contribution is -2.01. The Morgan fingerprint density at radius 2 is 2.45 bits per heavy atom. The molecular formula is C6H6ClNO2S. The van der Waals surface area contributed by atoms with Gasteiger partial charge < -0.3 is 10.5 Å². The second-order valence-electron chi connectivity index (χ2n) is 1.82. The maximum Gasteiger partial charge on any atom is 0.350 e. The van der Waals surface area contributed by atoms with E-state index in [1.807, 2.05) is 0 Å². The van der Waals surface area contributed by atoms with Crippen molar-refractivity contribution in [1.82, 2.24) is 0 Å². The molecular weight excluding hydrogens is 186 g/mol. The fourth-order valence-electron chi connectivity index (χ4n) is 0.597. The van der Waals surface area contributed by atoms with Gasteiger partial charge >= 0.3 is 5.97 Å². The van der Waals surface area contributed by atoms with Crippen molar-refractivity contribution in [2.75, 3.05) is 12.8 Å². The number of methoxy groups -OCH3 is 1. The zero-order valence-electron chi connectivity index (χ0n) is 5.76. The van der Waals surface area contributed by atoms with Crippen molar-refractivity contribution in [1.29, 1.82) is 0 Å². The first-order valence-electron chi connectivity index (χ1n) is 2.77. The van der Waals surface area contributed by atoms with Crippen molar-refractivity contribution in [2.45, 2.75) is 0 Å². The molecule has 1 heterocycles. The molecule has 0 radical (unpaired) electrons. The number of hydrogen-bond donors (Lipinski definition) is 1. The smallest absolute Gasteiger partial charge is 0.350 e. The van der Waals surface area contributed by atoms with Gasteiger partial charge in [0.1, 0.15) is 4.88 Å². The lowest BCUT2D eigenvalue weighted by Gasteiger charge is -1.95. The molecule has 0 spiro atoms. The molecule has 0 aliphatic carbocycles. The molecule has 0 aliphatic heterocycles. The van der Waals surface area contributed by atoms with E-state index in [0.29, 0.717) is 15.6 Å². The van der Waals surface area contributed by atoms with Crippen LogP contribution in [-0.2, 0) is 4.74 Å². The average molecular weight is 192 g/mol. The van der Waals surface area contributed by atoms with Gasteiger partial charge in [0.25, 0.3) is 0 Å². The Morgan fingerprint density at radius 1 is 1.82 bits per heavy atom. The number of nitrogen functional groups attached to an aromatic ring is 1.